The van der Waals surface area contributed by atoms with Crippen molar-refractivity contribution in [3.05, 3.63) is 84.7 Å². The van der Waals surface area contributed by atoms with E-state index < -0.39 is 28.3 Å². The Morgan fingerprint density at radius 2 is 1.51 bits per heavy atom. The number of nitro groups is 1. The second-order valence-corrected chi connectivity index (χ2v) is 10.0. The SMILES string of the molecule is O=C1CCCC2=C1C(c1cc(Br)ccc1Oc1ccc(C(F)(F)F)cc1[N+](=O)[O-])C1=C(CCCC1=O)N2. The van der Waals surface area contributed by atoms with Gasteiger partial charge in [-0.05, 0) is 56.0 Å². The zero-order valence-corrected chi connectivity index (χ0v) is 20.9. The van der Waals surface area contributed by atoms with Crippen molar-refractivity contribution in [3.8, 4) is 11.5 Å². The van der Waals surface area contributed by atoms with Crippen molar-refractivity contribution in [2.24, 2.45) is 0 Å². The summed E-state index contributed by atoms with van der Waals surface area (Å²) in [5.74, 6) is -1.24. The Morgan fingerprint density at radius 3 is 2.08 bits per heavy atom. The first-order valence-electron chi connectivity index (χ1n) is 11.7. The maximum Gasteiger partial charge on any atom is 0.416 e. The molecule has 0 fully saturated rings. The summed E-state index contributed by atoms with van der Waals surface area (Å²) in [6, 6.07) is 6.86. The van der Waals surface area contributed by atoms with Crippen molar-refractivity contribution >= 4 is 33.2 Å². The van der Waals surface area contributed by atoms with E-state index in [-0.39, 0.29) is 23.1 Å². The number of ketones is 2. The lowest BCUT2D eigenvalue weighted by Crippen LogP contribution is -2.36. The molecular formula is C26H20BrF3N2O5. The van der Waals surface area contributed by atoms with E-state index in [4.69, 9.17) is 4.74 Å². The van der Waals surface area contributed by atoms with Crippen LogP contribution in [0.5, 0.6) is 11.5 Å². The van der Waals surface area contributed by atoms with E-state index in [1.54, 1.807) is 12.1 Å². The van der Waals surface area contributed by atoms with E-state index in [1.165, 1.54) is 6.07 Å². The average molecular weight is 577 g/mol. The molecule has 37 heavy (non-hydrogen) atoms. The number of dihydropyridines is 1. The van der Waals surface area contributed by atoms with Gasteiger partial charge in [0, 0.05) is 57.4 Å². The first-order valence-corrected chi connectivity index (χ1v) is 12.5. The summed E-state index contributed by atoms with van der Waals surface area (Å²) in [6.07, 6.45) is -1.50. The van der Waals surface area contributed by atoms with Crippen LogP contribution >= 0.6 is 15.9 Å². The summed E-state index contributed by atoms with van der Waals surface area (Å²) in [7, 11) is 0. The molecule has 0 saturated carbocycles. The smallest absolute Gasteiger partial charge is 0.416 e. The molecule has 0 unspecified atom stereocenters. The highest BCUT2D eigenvalue weighted by molar-refractivity contribution is 9.10. The first kappa shape index (κ1) is 25.2. The van der Waals surface area contributed by atoms with Gasteiger partial charge in [-0.25, -0.2) is 0 Å². The number of rotatable bonds is 4. The highest BCUT2D eigenvalue weighted by atomic mass is 79.9. The van der Waals surface area contributed by atoms with Crippen LogP contribution in [-0.4, -0.2) is 16.5 Å². The normalized spacial score (nSPS) is 18.4. The minimum Gasteiger partial charge on any atom is -0.450 e. The molecule has 0 radical (unpaired) electrons. The predicted octanol–water partition coefficient (Wildman–Crippen LogP) is 6.87. The number of carbonyl (C=O) groups excluding carboxylic acids is 2. The molecule has 1 aliphatic heterocycles. The largest absolute Gasteiger partial charge is 0.450 e. The number of Topliss-reactive ketones (excluding diaryl/α,β-unsaturated/α-hetero) is 2. The fraction of sp³-hybridized carbons (Fsp3) is 0.308. The molecule has 192 valence electrons. The van der Waals surface area contributed by atoms with Crippen LogP contribution in [0.3, 0.4) is 0 Å². The Bertz CT molecular complexity index is 1370. The summed E-state index contributed by atoms with van der Waals surface area (Å²) in [5.41, 5.74) is 0.829. The lowest BCUT2D eigenvalue weighted by Gasteiger charge is -2.37. The summed E-state index contributed by atoms with van der Waals surface area (Å²) in [6.45, 7) is 0. The van der Waals surface area contributed by atoms with Crippen molar-refractivity contribution in [2.75, 3.05) is 0 Å². The molecule has 0 spiro atoms. The molecular weight excluding hydrogens is 557 g/mol. The van der Waals surface area contributed by atoms with Gasteiger partial charge in [0.25, 0.3) is 0 Å². The van der Waals surface area contributed by atoms with Crippen LogP contribution in [0.25, 0.3) is 0 Å². The minimum atomic E-state index is -4.77. The van der Waals surface area contributed by atoms with Crippen LogP contribution in [0.2, 0.25) is 0 Å². The molecule has 2 aromatic rings. The molecule has 5 rings (SSSR count). The zero-order chi connectivity index (χ0) is 26.5. The second-order valence-electron chi connectivity index (χ2n) is 9.12. The minimum absolute atomic E-state index is 0.102. The quantitative estimate of drug-likeness (QED) is 0.315. The van der Waals surface area contributed by atoms with Crippen LogP contribution in [-0.2, 0) is 15.8 Å². The Balaban J connectivity index is 1.67. The van der Waals surface area contributed by atoms with Crippen LogP contribution < -0.4 is 10.1 Å². The van der Waals surface area contributed by atoms with Gasteiger partial charge in [0.2, 0.25) is 5.75 Å². The molecule has 1 N–H and O–H groups in total. The fourth-order valence-electron chi connectivity index (χ4n) is 5.17. The topological polar surface area (TPSA) is 98.5 Å². The van der Waals surface area contributed by atoms with Crippen LogP contribution in [0.15, 0.2) is 63.4 Å². The Kier molecular flexibility index (Phi) is 6.43. The predicted molar refractivity (Wildman–Crippen MR) is 130 cm³/mol. The molecule has 0 aromatic heterocycles. The number of hydrogen-bond donors (Lipinski definition) is 1. The third-order valence-electron chi connectivity index (χ3n) is 6.78. The summed E-state index contributed by atoms with van der Waals surface area (Å²) in [4.78, 5) is 37.0. The number of halogens is 4. The summed E-state index contributed by atoms with van der Waals surface area (Å²) >= 11 is 3.42. The van der Waals surface area contributed by atoms with Gasteiger partial charge >= 0.3 is 11.9 Å². The maximum absolute atomic E-state index is 13.2. The van der Waals surface area contributed by atoms with Gasteiger partial charge in [0.05, 0.1) is 10.5 Å². The van der Waals surface area contributed by atoms with Crippen LogP contribution in [0, 0.1) is 10.1 Å². The second kappa shape index (κ2) is 9.44. The lowest BCUT2D eigenvalue weighted by atomic mass is 9.71. The molecule has 0 bridgehead atoms. The van der Waals surface area contributed by atoms with Crippen molar-refractivity contribution in [1.29, 1.82) is 0 Å². The van der Waals surface area contributed by atoms with Crippen molar-refractivity contribution < 1.29 is 32.4 Å². The fourth-order valence-corrected chi connectivity index (χ4v) is 5.55. The molecule has 7 nitrogen and oxygen atoms in total. The molecule has 2 aliphatic carbocycles. The first-order chi connectivity index (χ1) is 17.5. The Labute approximate surface area is 217 Å². The zero-order valence-electron chi connectivity index (χ0n) is 19.3. The van der Waals surface area contributed by atoms with Gasteiger partial charge < -0.3 is 10.1 Å². The van der Waals surface area contributed by atoms with Gasteiger partial charge in [0.15, 0.2) is 11.6 Å². The van der Waals surface area contributed by atoms with Gasteiger partial charge in [-0.2, -0.15) is 13.2 Å². The summed E-state index contributed by atoms with van der Waals surface area (Å²) < 4.78 is 46.1. The Morgan fingerprint density at radius 1 is 0.919 bits per heavy atom. The number of carbonyl (C=O) groups is 2. The molecule has 2 aromatic carbocycles. The van der Waals surface area contributed by atoms with Gasteiger partial charge in [0.1, 0.15) is 5.75 Å². The van der Waals surface area contributed by atoms with Crippen LogP contribution in [0.4, 0.5) is 18.9 Å². The van der Waals surface area contributed by atoms with Gasteiger partial charge in [-0.15, -0.1) is 0 Å². The summed E-state index contributed by atoms with van der Waals surface area (Å²) in [5, 5.41) is 14.9. The van der Waals surface area contributed by atoms with E-state index in [9.17, 15) is 32.9 Å². The molecule has 0 saturated heterocycles. The average Bonchev–Trinajstić information content (AvgIpc) is 2.83. The molecule has 0 atom stereocenters. The molecule has 3 aliphatic rings. The maximum atomic E-state index is 13.2. The number of nitrogens with zero attached hydrogens (tertiary/aromatic N) is 1. The van der Waals surface area contributed by atoms with Crippen molar-refractivity contribution in [1.82, 2.24) is 5.32 Å². The number of nitro benzene ring substituents is 1. The third kappa shape index (κ3) is 4.68. The molecule has 0 amide bonds. The highest BCUT2D eigenvalue weighted by Crippen LogP contribution is 2.49. The van der Waals surface area contributed by atoms with Gasteiger partial charge in [-0.1, -0.05) is 15.9 Å². The third-order valence-corrected chi connectivity index (χ3v) is 7.27. The highest BCUT2D eigenvalue weighted by Gasteiger charge is 2.42. The molecule has 11 heteroatoms. The monoisotopic (exact) mass is 576 g/mol. The Hall–Kier alpha value is -3.47. The van der Waals surface area contributed by atoms with E-state index in [2.05, 4.69) is 21.2 Å². The van der Waals surface area contributed by atoms with Gasteiger partial charge in [-0.3, -0.25) is 19.7 Å². The van der Waals surface area contributed by atoms with E-state index in [0.717, 1.165) is 17.5 Å². The number of ether oxygens (including phenoxy) is 1. The lowest BCUT2D eigenvalue weighted by molar-refractivity contribution is -0.385. The van der Waals surface area contributed by atoms with Crippen molar-refractivity contribution in [2.45, 2.75) is 50.6 Å². The number of benzene rings is 2. The van der Waals surface area contributed by atoms with E-state index in [0.29, 0.717) is 71.8 Å². The number of hydrogen-bond acceptors (Lipinski definition) is 6. The molecule has 1 heterocycles. The van der Waals surface area contributed by atoms with Crippen LogP contribution in [0.1, 0.15) is 55.6 Å². The van der Waals surface area contributed by atoms with E-state index >= 15 is 0 Å². The number of alkyl halides is 3. The standard InChI is InChI=1S/C26H20BrF3N2O5/c27-14-8-10-21(37-22-9-7-13(26(28,29)30)11-18(22)32(35)36)15(12-14)23-24-16(3-1-5-19(24)33)31-17-4-2-6-20(34)25(17)23/h7-12,23,31H,1-6H2. The van der Waals surface area contributed by atoms with E-state index in [1.807, 2.05) is 0 Å². The number of nitrogens with one attached hydrogen (secondary N) is 1. The number of allylic oxidation sites excluding steroid dienone is 4. The van der Waals surface area contributed by atoms with Crippen molar-refractivity contribution in [3.63, 3.8) is 0 Å².